The standard InChI is InChI=1S/C20H16FN5O2S/c1-28-18-8-7-14(9-15(18)21)17-12-29-20(22-17)23-19(27)16-11-26(25-24-16)10-13-5-3-2-4-6-13/h2-9,11-12H,10H2,1H3,(H,22,23,27). The quantitative estimate of drug-likeness (QED) is 0.523. The lowest BCUT2D eigenvalue weighted by molar-refractivity contribution is 0.102. The van der Waals surface area contributed by atoms with Gasteiger partial charge in [0.2, 0.25) is 0 Å². The van der Waals surface area contributed by atoms with E-state index < -0.39 is 11.7 Å². The molecular weight excluding hydrogens is 393 g/mol. The monoisotopic (exact) mass is 409 g/mol. The minimum atomic E-state index is -0.474. The molecule has 0 aliphatic carbocycles. The Balaban J connectivity index is 1.44. The second kappa shape index (κ2) is 8.19. The summed E-state index contributed by atoms with van der Waals surface area (Å²) in [5.74, 6) is -0.721. The van der Waals surface area contributed by atoms with Crippen LogP contribution in [0.1, 0.15) is 16.1 Å². The molecule has 1 amide bonds. The highest BCUT2D eigenvalue weighted by Gasteiger charge is 2.14. The van der Waals surface area contributed by atoms with Crippen LogP contribution in [0.4, 0.5) is 9.52 Å². The molecule has 0 bridgehead atoms. The number of nitrogens with one attached hydrogen (secondary N) is 1. The summed E-state index contributed by atoms with van der Waals surface area (Å²) in [6.45, 7) is 0.519. The number of hydrogen-bond acceptors (Lipinski definition) is 6. The second-order valence-corrected chi connectivity index (χ2v) is 6.99. The van der Waals surface area contributed by atoms with Crippen molar-refractivity contribution in [2.45, 2.75) is 6.54 Å². The molecule has 0 radical (unpaired) electrons. The van der Waals surface area contributed by atoms with Crippen molar-refractivity contribution in [3.05, 3.63) is 77.2 Å². The fourth-order valence-electron chi connectivity index (χ4n) is 2.70. The maximum atomic E-state index is 13.9. The lowest BCUT2D eigenvalue weighted by atomic mass is 10.1. The number of methoxy groups -OCH3 is 1. The molecule has 1 N–H and O–H groups in total. The molecule has 2 aromatic heterocycles. The first kappa shape index (κ1) is 18.8. The number of nitrogens with zero attached hydrogens (tertiary/aromatic N) is 4. The van der Waals surface area contributed by atoms with E-state index in [0.29, 0.717) is 22.9 Å². The molecule has 0 aliphatic heterocycles. The first-order valence-corrected chi connectivity index (χ1v) is 9.55. The summed E-state index contributed by atoms with van der Waals surface area (Å²) in [5, 5.41) is 12.7. The summed E-state index contributed by atoms with van der Waals surface area (Å²) in [5.41, 5.74) is 2.39. The van der Waals surface area contributed by atoms with Crippen LogP contribution < -0.4 is 10.1 Å². The van der Waals surface area contributed by atoms with Gasteiger partial charge in [-0.15, -0.1) is 16.4 Å². The van der Waals surface area contributed by atoms with Crippen molar-refractivity contribution < 1.29 is 13.9 Å². The van der Waals surface area contributed by atoms with Crippen LogP contribution in [0.5, 0.6) is 5.75 Å². The Hall–Kier alpha value is -3.59. The highest BCUT2D eigenvalue weighted by molar-refractivity contribution is 7.14. The molecule has 146 valence electrons. The molecule has 0 atom stereocenters. The summed E-state index contributed by atoms with van der Waals surface area (Å²) in [4.78, 5) is 16.8. The van der Waals surface area contributed by atoms with Crippen LogP contribution in [-0.2, 0) is 6.54 Å². The van der Waals surface area contributed by atoms with E-state index >= 15 is 0 Å². The largest absolute Gasteiger partial charge is 0.494 e. The molecular formula is C20H16FN5O2S. The number of anilines is 1. The summed E-state index contributed by atoms with van der Waals surface area (Å²) in [7, 11) is 1.41. The van der Waals surface area contributed by atoms with Crippen molar-refractivity contribution in [2.24, 2.45) is 0 Å². The SMILES string of the molecule is COc1ccc(-c2csc(NC(=O)c3cn(Cc4ccccc4)nn3)n2)cc1F. The number of ether oxygens (including phenoxy) is 1. The first-order valence-electron chi connectivity index (χ1n) is 8.67. The number of benzene rings is 2. The van der Waals surface area contributed by atoms with Crippen molar-refractivity contribution in [1.29, 1.82) is 0 Å². The predicted octanol–water partition coefficient (Wildman–Crippen LogP) is 3.85. The fraction of sp³-hybridized carbons (Fsp3) is 0.100. The molecule has 29 heavy (non-hydrogen) atoms. The number of rotatable bonds is 6. The van der Waals surface area contributed by atoms with Crippen molar-refractivity contribution >= 4 is 22.4 Å². The molecule has 7 nitrogen and oxygen atoms in total. The van der Waals surface area contributed by atoms with Gasteiger partial charge < -0.3 is 4.74 Å². The summed E-state index contributed by atoms with van der Waals surface area (Å²) in [6, 6.07) is 14.3. The van der Waals surface area contributed by atoms with E-state index in [1.54, 1.807) is 22.3 Å². The van der Waals surface area contributed by atoms with Crippen LogP contribution in [0.2, 0.25) is 0 Å². The number of aromatic nitrogens is 4. The Morgan fingerprint density at radius 1 is 1.24 bits per heavy atom. The molecule has 2 aromatic carbocycles. The number of amides is 1. The number of carbonyl (C=O) groups is 1. The zero-order chi connectivity index (χ0) is 20.2. The van der Waals surface area contributed by atoms with Gasteiger partial charge in [0.15, 0.2) is 22.4 Å². The number of halogens is 1. The lowest BCUT2D eigenvalue weighted by Crippen LogP contribution is -2.12. The van der Waals surface area contributed by atoms with Gasteiger partial charge in [0.05, 0.1) is 25.5 Å². The van der Waals surface area contributed by atoms with Crippen molar-refractivity contribution in [3.8, 4) is 17.0 Å². The van der Waals surface area contributed by atoms with Crippen molar-refractivity contribution in [2.75, 3.05) is 12.4 Å². The summed E-state index contributed by atoms with van der Waals surface area (Å²) >= 11 is 1.24. The number of thiazole rings is 1. The van der Waals surface area contributed by atoms with Gasteiger partial charge in [-0.2, -0.15) is 0 Å². The Morgan fingerprint density at radius 3 is 2.83 bits per heavy atom. The topological polar surface area (TPSA) is 81.9 Å². The van der Waals surface area contributed by atoms with Gasteiger partial charge in [0.25, 0.3) is 5.91 Å². The Kier molecular flexibility index (Phi) is 5.30. The van der Waals surface area contributed by atoms with Gasteiger partial charge in [0, 0.05) is 10.9 Å². The first-order chi connectivity index (χ1) is 14.1. The Bertz CT molecular complexity index is 1140. The maximum Gasteiger partial charge on any atom is 0.279 e. The van der Waals surface area contributed by atoms with E-state index in [-0.39, 0.29) is 11.4 Å². The molecule has 4 rings (SSSR count). The predicted molar refractivity (Wildman–Crippen MR) is 108 cm³/mol. The third-order valence-corrected chi connectivity index (χ3v) is 4.89. The van der Waals surface area contributed by atoms with Crippen LogP contribution in [0.3, 0.4) is 0 Å². The Morgan fingerprint density at radius 2 is 2.07 bits per heavy atom. The second-order valence-electron chi connectivity index (χ2n) is 6.13. The van der Waals surface area contributed by atoms with Crippen LogP contribution in [0.15, 0.2) is 60.1 Å². The molecule has 4 aromatic rings. The van der Waals surface area contributed by atoms with Gasteiger partial charge in [-0.3, -0.25) is 10.1 Å². The van der Waals surface area contributed by atoms with E-state index in [4.69, 9.17) is 4.74 Å². The van der Waals surface area contributed by atoms with Crippen LogP contribution in [0, 0.1) is 5.82 Å². The molecule has 0 aliphatic rings. The van der Waals surface area contributed by atoms with Crippen molar-refractivity contribution in [3.63, 3.8) is 0 Å². The highest BCUT2D eigenvalue weighted by Crippen LogP contribution is 2.28. The van der Waals surface area contributed by atoms with Gasteiger partial charge in [0.1, 0.15) is 0 Å². The van der Waals surface area contributed by atoms with Gasteiger partial charge in [-0.05, 0) is 23.8 Å². The van der Waals surface area contributed by atoms with Gasteiger partial charge in [-0.1, -0.05) is 35.5 Å². The number of carbonyl (C=O) groups excluding carboxylic acids is 1. The van der Waals surface area contributed by atoms with Crippen LogP contribution in [-0.4, -0.2) is 33.0 Å². The molecule has 0 spiro atoms. The fourth-order valence-corrected chi connectivity index (χ4v) is 3.42. The van der Waals surface area contributed by atoms with E-state index in [1.165, 1.54) is 30.6 Å². The third kappa shape index (κ3) is 4.30. The Labute approximate surface area is 169 Å². The maximum absolute atomic E-state index is 13.9. The van der Waals surface area contributed by atoms with E-state index in [9.17, 15) is 9.18 Å². The van der Waals surface area contributed by atoms with Gasteiger partial charge >= 0.3 is 0 Å². The molecule has 0 saturated carbocycles. The zero-order valence-electron chi connectivity index (χ0n) is 15.4. The average molecular weight is 409 g/mol. The van der Waals surface area contributed by atoms with E-state index in [2.05, 4.69) is 20.6 Å². The smallest absolute Gasteiger partial charge is 0.279 e. The van der Waals surface area contributed by atoms with Crippen molar-refractivity contribution in [1.82, 2.24) is 20.0 Å². The third-order valence-electron chi connectivity index (χ3n) is 4.13. The van der Waals surface area contributed by atoms with Crippen LogP contribution >= 0.6 is 11.3 Å². The minimum absolute atomic E-state index is 0.163. The molecule has 0 unspecified atom stereocenters. The average Bonchev–Trinajstić information content (AvgIpc) is 3.38. The lowest BCUT2D eigenvalue weighted by Gasteiger charge is -2.03. The summed E-state index contributed by atoms with van der Waals surface area (Å²) < 4.78 is 20.4. The highest BCUT2D eigenvalue weighted by atomic mass is 32.1. The van der Waals surface area contributed by atoms with Gasteiger partial charge in [-0.25, -0.2) is 14.1 Å². The molecule has 0 saturated heterocycles. The minimum Gasteiger partial charge on any atom is -0.494 e. The van der Waals surface area contributed by atoms with E-state index in [1.807, 2.05) is 30.3 Å². The van der Waals surface area contributed by atoms with E-state index in [0.717, 1.165) is 5.56 Å². The number of hydrogen-bond donors (Lipinski definition) is 1. The summed E-state index contributed by atoms with van der Waals surface area (Å²) in [6.07, 6.45) is 1.58. The molecule has 0 fully saturated rings. The molecule has 9 heteroatoms. The zero-order valence-corrected chi connectivity index (χ0v) is 16.2. The normalized spacial score (nSPS) is 10.7. The van der Waals surface area contributed by atoms with Crippen LogP contribution in [0.25, 0.3) is 11.3 Å². The molecule has 2 heterocycles.